The van der Waals surface area contributed by atoms with Crippen LogP contribution in [0.3, 0.4) is 0 Å². The van der Waals surface area contributed by atoms with Crippen LogP contribution in [-0.4, -0.2) is 51.9 Å². The molecule has 25 heavy (non-hydrogen) atoms. The molecule has 1 unspecified atom stereocenters. The molecule has 2 N–H and O–H groups in total. The first-order chi connectivity index (χ1) is 11.4. The van der Waals surface area contributed by atoms with Crippen LogP contribution in [0.2, 0.25) is 0 Å². The zero-order chi connectivity index (χ0) is 17.3. The molecule has 1 heterocycles. The van der Waals surface area contributed by atoms with Crippen LogP contribution >= 0.6 is 12.4 Å². The Balaban J connectivity index is 0.00000225. The number of halogens is 1. The van der Waals surface area contributed by atoms with Crippen molar-refractivity contribution in [2.45, 2.75) is 37.1 Å². The molecule has 1 aromatic rings. The molecular weight excluding hydrogens is 362 g/mol. The number of nitrogens with zero attached hydrogens (tertiary/aromatic N) is 1. The van der Waals surface area contributed by atoms with E-state index in [9.17, 15) is 13.2 Å². The standard InChI is InChI=1S/C17H25N3O3S.ClH/c1-12-3-6-15(24(22,23)19-14-4-5-14)9-16(12)17(21)20-8-7-13(11-20)10-18-2;/h3,6,9,13-14,18-19H,4-5,7-8,10-11H2,1-2H3;1H. The fraction of sp³-hybridized carbons (Fsp3) is 0.588. The van der Waals surface area contributed by atoms with Gasteiger partial charge >= 0.3 is 0 Å². The van der Waals surface area contributed by atoms with Crippen LogP contribution < -0.4 is 10.0 Å². The average Bonchev–Trinajstić information content (AvgIpc) is 3.21. The van der Waals surface area contributed by atoms with Gasteiger partial charge < -0.3 is 10.2 Å². The summed E-state index contributed by atoms with van der Waals surface area (Å²) in [7, 11) is -1.63. The number of hydrogen-bond donors (Lipinski definition) is 2. The summed E-state index contributed by atoms with van der Waals surface area (Å²) < 4.78 is 27.4. The maximum atomic E-state index is 12.8. The Morgan fingerprint density at radius 1 is 1.28 bits per heavy atom. The molecule has 0 spiro atoms. The van der Waals surface area contributed by atoms with Crippen LogP contribution in [0.5, 0.6) is 0 Å². The monoisotopic (exact) mass is 387 g/mol. The molecule has 1 aromatic carbocycles. The second-order valence-corrected chi connectivity index (χ2v) is 8.55. The second kappa shape index (κ2) is 8.03. The van der Waals surface area contributed by atoms with Crippen LogP contribution in [0.15, 0.2) is 23.1 Å². The van der Waals surface area contributed by atoms with Crippen molar-refractivity contribution in [3.05, 3.63) is 29.3 Å². The topological polar surface area (TPSA) is 78.5 Å². The Labute approximate surface area is 155 Å². The highest BCUT2D eigenvalue weighted by molar-refractivity contribution is 7.89. The number of nitrogens with one attached hydrogen (secondary N) is 2. The van der Waals surface area contributed by atoms with Gasteiger partial charge in [0.05, 0.1) is 4.90 Å². The van der Waals surface area contributed by atoms with Crippen LogP contribution in [0.1, 0.15) is 35.2 Å². The van der Waals surface area contributed by atoms with Gasteiger partial charge in [0.1, 0.15) is 0 Å². The van der Waals surface area contributed by atoms with E-state index in [1.54, 1.807) is 12.1 Å². The van der Waals surface area contributed by atoms with E-state index >= 15 is 0 Å². The number of hydrogen-bond acceptors (Lipinski definition) is 4. The number of carbonyl (C=O) groups is 1. The zero-order valence-electron chi connectivity index (χ0n) is 14.6. The van der Waals surface area contributed by atoms with Gasteiger partial charge in [-0.1, -0.05) is 6.07 Å². The van der Waals surface area contributed by atoms with Gasteiger partial charge in [-0.15, -0.1) is 12.4 Å². The lowest BCUT2D eigenvalue weighted by molar-refractivity contribution is 0.0786. The van der Waals surface area contributed by atoms with Crippen LogP contribution in [0, 0.1) is 12.8 Å². The van der Waals surface area contributed by atoms with E-state index in [2.05, 4.69) is 10.0 Å². The van der Waals surface area contributed by atoms with E-state index in [1.165, 1.54) is 6.07 Å². The molecule has 1 amide bonds. The first-order valence-electron chi connectivity index (χ1n) is 8.47. The first-order valence-corrected chi connectivity index (χ1v) is 9.96. The Kier molecular flexibility index (Phi) is 6.48. The summed E-state index contributed by atoms with van der Waals surface area (Å²) >= 11 is 0. The molecule has 140 valence electrons. The third-order valence-corrected chi connectivity index (χ3v) is 6.23. The van der Waals surface area contributed by atoms with Crippen molar-refractivity contribution in [1.29, 1.82) is 0 Å². The fourth-order valence-corrected chi connectivity index (χ4v) is 4.46. The van der Waals surface area contributed by atoms with E-state index in [-0.39, 0.29) is 29.3 Å². The highest BCUT2D eigenvalue weighted by atomic mass is 35.5. The van der Waals surface area contributed by atoms with Crippen molar-refractivity contribution in [3.63, 3.8) is 0 Å². The number of aryl methyl sites for hydroxylation is 1. The molecule has 8 heteroatoms. The van der Waals surface area contributed by atoms with Crippen molar-refractivity contribution in [1.82, 2.24) is 14.9 Å². The van der Waals surface area contributed by atoms with E-state index < -0.39 is 10.0 Å². The van der Waals surface area contributed by atoms with Crippen molar-refractivity contribution < 1.29 is 13.2 Å². The van der Waals surface area contributed by atoms with Gasteiger partial charge in [-0.2, -0.15) is 0 Å². The molecule has 1 aliphatic carbocycles. The number of sulfonamides is 1. The van der Waals surface area contributed by atoms with Gasteiger partial charge in [-0.3, -0.25) is 4.79 Å². The average molecular weight is 388 g/mol. The largest absolute Gasteiger partial charge is 0.338 e. The highest BCUT2D eigenvalue weighted by Gasteiger charge is 2.30. The minimum Gasteiger partial charge on any atom is -0.338 e. The van der Waals surface area contributed by atoms with Crippen LogP contribution in [0.4, 0.5) is 0 Å². The fourth-order valence-electron chi connectivity index (χ4n) is 3.13. The molecule has 1 saturated carbocycles. The van der Waals surface area contributed by atoms with Gasteiger partial charge in [-0.25, -0.2) is 13.1 Å². The highest BCUT2D eigenvalue weighted by Crippen LogP contribution is 2.25. The quantitative estimate of drug-likeness (QED) is 0.776. The first kappa shape index (κ1) is 20.2. The van der Waals surface area contributed by atoms with Crippen molar-refractivity contribution >= 4 is 28.3 Å². The summed E-state index contributed by atoms with van der Waals surface area (Å²) in [5.41, 5.74) is 1.29. The lowest BCUT2D eigenvalue weighted by Crippen LogP contribution is -2.31. The van der Waals surface area contributed by atoms with Crippen molar-refractivity contribution in [2.75, 3.05) is 26.7 Å². The molecule has 3 rings (SSSR count). The summed E-state index contributed by atoms with van der Waals surface area (Å²) in [4.78, 5) is 14.8. The van der Waals surface area contributed by atoms with Crippen molar-refractivity contribution in [2.24, 2.45) is 5.92 Å². The number of benzene rings is 1. The molecule has 1 saturated heterocycles. The van der Waals surface area contributed by atoms with Gasteiger partial charge in [0.25, 0.3) is 5.91 Å². The van der Waals surface area contributed by atoms with E-state index in [1.807, 2.05) is 18.9 Å². The van der Waals surface area contributed by atoms with Gasteiger partial charge in [0, 0.05) is 24.7 Å². The summed E-state index contributed by atoms with van der Waals surface area (Å²) in [5, 5.41) is 3.15. The van der Waals surface area contributed by atoms with Crippen molar-refractivity contribution in [3.8, 4) is 0 Å². The Morgan fingerprint density at radius 2 is 2.00 bits per heavy atom. The Morgan fingerprint density at radius 3 is 2.64 bits per heavy atom. The summed E-state index contributed by atoms with van der Waals surface area (Å²) in [6.45, 7) is 4.18. The SMILES string of the molecule is CNCC1CCN(C(=O)c2cc(S(=O)(=O)NC3CC3)ccc2C)C1.Cl. The molecule has 2 aliphatic rings. The lowest BCUT2D eigenvalue weighted by Gasteiger charge is -2.18. The number of rotatable bonds is 6. The van der Waals surface area contributed by atoms with Gasteiger partial charge in [0.2, 0.25) is 10.0 Å². The molecule has 1 atom stereocenters. The number of amides is 1. The lowest BCUT2D eigenvalue weighted by atomic mass is 10.1. The van der Waals surface area contributed by atoms with Gasteiger partial charge in [-0.05, 0) is 63.4 Å². The Bertz CT molecular complexity index is 735. The molecule has 2 fully saturated rings. The number of likely N-dealkylation sites (tertiary alicyclic amines) is 1. The molecule has 6 nitrogen and oxygen atoms in total. The summed E-state index contributed by atoms with van der Waals surface area (Å²) in [6, 6.07) is 4.87. The second-order valence-electron chi connectivity index (χ2n) is 6.84. The third-order valence-electron chi connectivity index (χ3n) is 4.71. The van der Waals surface area contributed by atoms with E-state index in [4.69, 9.17) is 0 Å². The zero-order valence-corrected chi connectivity index (χ0v) is 16.3. The van der Waals surface area contributed by atoms with Crippen LogP contribution in [0.25, 0.3) is 0 Å². The number of carbonyl (C=O) groups excluding carboxylic acids is 1. The normalized spacial score (nSPS) is 20.4. The smallest absolute Gasteiger partial charge is 0.254 e. The molecule has 0 radical (unpaired) electrons. The minimum atomic E-state index is -3.54. The van der Waals surface area contributed by atoms with Crippen LogP contribution in [-0.2, 0) is 10.0 Å². The summed E-state index contributed by atoms with van der Waals surface area (Å²) in [6.07, 6.45) is 2.75. The maximum Gasteiger partial charge on any atom is 0.254 e. The minimum absolute atomic E-state index is 0. The molecule has 1 aliphatic heterocycles. The third kappa shape index (κ3) is 4.73. The predicted octanol–water partition coefficient (Wildman–Crippen LogP) is 1.54. The van der Waals surface area contributed by atoms with E-state index in [0.717, 1.165) is 44.5 Å². The predicted molar refractivity (Wildman–Crippen MR) is 99.7 cm³/mol. The Hall–Kier alpha value is -1.15. The van der Waals surface area contributed by atoms with Gasteiger partial charge in [0.15, 0.2) is 0 Å². The summed E-state index contributed by atoms with van der Waals surface area (Å²) in [5.74, 6) is 0.386. The molecular formula is C17H26ClN3O3S. The maximum absolute atomic E-state index is 12.8. The molecule has 0 bridgehead atoms. The van der Waals surface area contributed by atoms with E-state index in [0.29, 0.717) is 11.5 Å². The molecule has 0 aromatic heterocycles.